The van der Waals surface area contributed by atoms with E-state index in [9.17, 15) is 10.1 Å². The van der Waals surface area contributed by atoms with Crippen LogP contribution in [0.1, 0.15) is 30.4 Å². The van der Waals surface area contributed by atoms with E-state index in [2.05, 4.69) is 41.3 Å². The second-order valence-corrected chi connectivity index (χ2v) is 7.17. The van der Waals surface area contributed by atoms with E-state index in [1.165, 1.54) is 35.3 Å². The van der Waals surface area contributed by atoms with Crippen molar-refractivity contribution in [1.82, 2.24) is 4.90 Å². The maximum absolute atomic E-state index is 10.8. The van der Waals surface area contributed by atoms with Gasteiger partial charge in [0, 0.05) is 30.1 Å². The number of hydrogen-bond donors (Lipinski definition) is 0. The zero-order valence-electron chi connectivity index (χ0n) is 12.7. The van der Waals surface area contributed by atoms with Gasteiger partial charge in [0.2, 0.25) is 0 Å². The highest BCUT2D eigenvalue weighted by Crippen LogP contribution is 2.39. The van der Waals surface area contributed by atoms with Crippen LogP contribution in [-0.2, 0) is 6.54 Å². The molecular formula is C18H18N2O2S. The molecule has 0 amide bonds. The highest BCUT2D eigenvalue weighted by atomic mass is 32.1. The first-order valence-corrected chi connectivity index (χ1v) is 8.82. The van der Waals surface area contributed by atoms with E-state index in [1.807, 2.05) is 5.38 Å². The molecule has 0 N–H and O–H groups in total. The molecule has 2 aliphatic heterocycles. The molecule has 1 aromatic heterocycles. The van der Waals surface area contributed by atoms with Gasteiger partial charge in [-0.1, -0.05) is 47.7 Å². The van der Waals surface area contributed by atoms with E-state index < -0.39 is 0 Å². The Hall–Kier alpha value is -1.98. The third-order valence-electron chi connectivity index (χ3n) is 4.87. The highest BCUT2D eigenvalue weighted by molar-refractivity contribution is 7.13. The van der Waals surface area contributed by atoms with Crippen molar-refractivity contribution in [2.45, 2.75) is 37.9 Å². The minimum atomic E-state index is -0.299. The standard InChI is InChI=1S/C18H18N2O2S/c21-20(22)18-8-13(12-23-18)11-19-16-6-7-17(19)10-15(9-16)14-4-2-1-3-5-14/h1-5,8-9,12,16-17H,6-7,10-11H2. The molecule has 5 heteroatoms. The van der Waals surface area contributed by atoms with Crippen molar-refractivity contribution < 1.29 is 4.92 Å². The predicted octanol–water partition coefficient (Wildman–Crippen LogP) is 4.48. The molecule has 0 aliphatic carbocycles. The molecule has 3 heterocycles. The Morgan fingerprint density at radius 2 is 2.09 bits per heavy atom. The third-order valence-corrected chi connectivity index (χ3v) is 5.80. The Kier molecular flexibility index (Phi) is 3.75. The summed E-state index contributed by atoms with van der Waals surface area (Å²) >= 11 is 1.23. The van der Waals surface area contributed by atoms with Crippen LogP contribution >= 0.6 is 11.3 Å². The lowest BCUT2D eigenvalue weighted by Crippen LogP contribution is -2.37. The fourth-order valence-corrected chi connectivity index (χ4v) is 4.50. The summed E-state index contributed by atoms with van der Waals surface area (Å²) in [5.41, 5.74) is 3.84. The van der Waals surface area contributed by atoms with Gasteiger partial charge >= 0.3 is 5.00 Å². The Balaban J connectivity index is 1.53. The van der Waals surface area contributed by atoms with Crippen LogP contribution in [0.4, 0.5) is 5.00 Å². The minimum absolute atomic E-state index is 0.241. The Morgan fingerprint density at radius 3 is 2.78 bits per heavy atom. The summed E-state index contributed by atoms with van der Waals surface area (Å²) in [4.78, 5) is 13.1. The summed E-state index contributed by atoms with van der Waals surface area (Å²) in [7, 11) is 0. The summed E-state index contributed by atoms with van der Waals surface area (Å²) in [5, 5.41) is 13.0. The monoisotopic (exact) mass is 326 g/mol. The van der Waals surface area contributed by atoms with Crippen LogP contribution in [0.5, 0.6) is 0 Å². The van der Waals surface area contributed by atoms with E-state index in [1.54, 1.807) is 6.07 Å². The van der Waals surface area contributed by atoms with Gasteiger partial charge in [0.1, 0.15) is 0 Å². The summed E-state index contributed by atoms with van der Waals surface area (Å²) in [5.74, 6) is 0. The van der Waals surface area contributed by atoms with Gasteiger partial charge in [-0.2, -0.15) is 0 Å². The maximum Gasteiger partial charge on any atom is 0.324 e. The molecule has 2 aromatic rings. The van der Waals surface area contributed by atoms with Crippen LogP contribution < -0.4 is 0 Å². The second kappa shape index (κ2) is 5.91. The average molecular weight is 326 g/mol. The largest absolute Gasteiger partial charge is 0.324 e. The van der Waals surface area contributed by atoms with Crippen molar-refractivity contribution in [3.05, 3.63) is 69.1 Å². The van der Waals surface area contributed by atoms with Crippen molar-refractivity contribution >= 4 is 21.9 Å². The normalized spacial score (nSPS) is 23.7. The fourth-order valence-electron chi connectivity index (χ4n) is 3.78. The summed E-state index contributed by atoms with van der Waals surface area (Å²) in [6.45, 7) is 0.818. The molecule has 2 aliphatic rings. The quantitative estimate of drug-likeness (QED) is 0.615. The average Bonchev–Trinajstić information content (AvgIpc) is 3.11. The van der Waals surface area contributed by atoms with Crippen LogP contribution in [0, 0.1) is 10.1 Å². The minimum Gasteiger partial charge on any atom is -0.289 e. The van der Waals surface area contributed by atoms with E-state index >= 15 is 0 Å². The van der Waals surface area contributed by atoms with Gasteiger partial charge in [-0.15, -0.1) is 0 Å². The van der Waals surface area contributed by atoms with Crippen LogP contribution in [0.3, 0.4) is 0 Å². The molecule has 0 saturated carbocycles. The number of thiophene rings is 1. The lowest BCUT2D eigenvalue weighted by atomic mass is 9.94. The van der Waals surface area contributed by atoms with Crippen molar-refractivity contribution in [3.8, 4) is 0 Å². The van der Waals surface area contributed by atoms with Gasteiger partial charge in [0.25, 0.3) is 0 Å². The molecule has 1 aromatic carbocycles. The van der Waals surface area contributed by atoms with Crippen LogP contribution in [0.2, 0.25) is 0 Å². The van der Waals surface area contributed by atoms with E-state index in [0.29, 0.717) is 12.1 Å². The Labute approximate surface area is 139 Å². The van der Waals surface area contributed by atoms with Crippen molar-refractivity contribution in [2.75, 3.05) is 0 Å². The van der Waals surface area contributed by atoms with Gasteiger partial charge in [-0.05, 0) is 36.0 Å². The SMILES string of the molecule is O=[N+]([O-])c1cc(CN2C3C=C(c4ccccc4)CC2CC3)cs1. The predicted molar refractivity (Wildman–Crippen MR) is 92.4 cm³/mol. The second-order valence-electron chi connectivity index (χ2n) is 6.28. The molecule has 2 bridgehead atoms. The molecule has 0 spiro atoms. The lowest BCUT2D eigenvalue weighted by Gasteiger charge is -2.33. The molecule has 2 unspecified atom stereocenters. The lowest BCUT2D eigenvalue weighted by molar-refractivity contribution is -0.380. The van der Waals surface area contributed by atoms with Crippen molar-refractivity contribution in [1.29, 1.82) is 0 Å². The van der Waals surface area contributed by atoms with E-state index in [0.717, 1.165) is 18.5 Å². The van der Waals surface area contributed by atoms with E-state index in [-0.39, 0.29) is 9.92 Å². The number of benzene rings is 1. The van der Waals surface area contributed by atoms with E-state index in [4.69, 9.17) is 0 Å². The van der Waals surface area contributed by atoms with Gasteiger partial charge in [-0.25, -0.2) is 0 Å². The highest BCUT2D eigenvalue weighted by Gasteiger charge is 2.36. The number of fused-ring (bicyclic) bond motifs is 2. The molecular weight excluding hydrogens is 308 g/mol. The summed E-state index contributed by atoms with van der Waals surface area (Å²) < 4.78 is 0. The smallest absolute Gasteiger partial charge is 0.289 e. The maximum atomic E-state index is 10.8. The Morgan fingerprint density at radius 1 is 1.26 bits per heavy atom. The molecule has 1 fully saturated rings. The molecule has 1 saturated heterocycles. The number of rotatable bonds is 4. The topological polar surface area (TPSA) is 46.4 Å². The van der Waals surface area contributed by atoms with Gasteiger partial charge in [0.15, 0.2) is 0 Å². The van der Waals surface area contributed by atoms with Gasteiger partial charge < -0.3 is 0 Å². The molecule has 0 radical (unpaired) electrons. The summed E-state index contributed by atoms with van der Waals surface area (Å²) in [6, 6.07) is 13.3. The third kappa shape index (κ3) is 2.82. The Bertz CT molecular complexity index is 753. The molecule has 2 atom stereocenters. The van der Waals surface area contributed by atoms with Gasteiger partial charge in [-0.3, -0.25) is 15.0 Å². The number of nitro groups is 1. The summed E-state index contributed by atoms with van der Waals surface area (Å²) in [6.07, 6.45) is 5.88. The first kappa shape index (κ1) is 14.6. The zero-order valence-corrected chi connectivity index (χ0v) is 13.5. The van der Waals surface area contributed by atoms with Gasteiger partial charge in [0.05, 0.1) is 4.92 Å². The van der Waals surface area contributed by atoms with Crippen LogP contribution in [-0.4, -0.2) is 21.9 Å². The molecule has 4 rings (SSSR count). The van der Waals surface area contributed by atoms with Crippen LogP contribution in [0.25, 0.3) is 5.57 Å². The van der Waals surface area contributed by atoms with Crippen molar-refractivity contribution in [2.24, 2.45) is 0 Å². The van der Waals surface area contributed by atoms with Crippen molar-refractivity contribution in [3.63, 3.8) is 0 Å². The van der Waals surface area contributed by atoms with Crippen LogP contribution in [0.15, 0.2) is 47.9 Å². The number of hydrogen-bond acceptors (Lipinski definition) is 4. The molecule has 23 heavy (non-hydrogen) atoms. The number of nitrogens with zero attached hydrogens (tertiary/aromatic N) is 2. The first-order valence-electron chi connectivity index (χ1n) is 7.94. The molecule has 118 valence electrons. The molecule has 4 nitrogen and oxygen atoms in total. The zero-order chi connectivity index (χ0) is 15.8. The fraction of sp³-hybridized carbons (Fsp3) is 0.333. The first-order chi connectivity index (χ1) is 11.2.